The molecule has 64 valence electrons. The fraction of sp³-hybridized carbons (Fsp3) is 0.222. The van der Waals surface area contributed by atoms with E-state index in [9.17, 15) is 5.11 Å². The van der Waals surface area contributed by atoms with E-state index in [1.807, 2.05) is 0 Å². The van der Waals surface area contributed by atoms with Gasteiger partial charge in [-0.1, -0.05) is 0 Å². The number of rotatable bonds is 2. The van der Waals surface area contributed by atoms with Gasteiger partial charge in [-0.3, -0.25) is 4.99 Å². The first-order valence-corrected chi connectivity index (χ1v) is 3.56. The van der Waals surface area contributed by atoms with Crippen LogP contribution in [-0.4, -0.2) is 25.5 Å². The molecule has 0 aromatic carbocycles. The molecule has 0 aromatic rings. The van der Waals surface area contributed by atoms with Gasteiger partial charge in [0.25, 0.3) is 0 Å². The summed E-state index contributed by atoms with van der Waals surface area (Å²) in [7, 11) is 3.23. The summed E-state index contributed by atoms with van der Waals surface area (Å²) in [5, 5.41) is 9.32. The molecule has 12 heavy (non-hydrogen) atoms. The summed E-state index contributed by atoms with van der Waals surface area (Å²) in [6.07, 6.45) is 6.58. The van der Waals surface area contributed by atoms with Crippen LogP contribution >= 0.6 is 0 Å². The van der Waals surface area contributed by atoms with E-state index in [-0.39, 0.29) is 5.76 Å². The molecule has 0 aliphatic heterocycles. The SMILES string of the molecule is CN=CC1=C/C(=C\OC)C=C1O. The quantitative estimate of drug-likeness (QED) is 0.498. The molecule has 0 aromatic heterocycles. The van der Waals surface area contributed by atoms with Crippen molar-refractivity contribution in [1.82, 2.24) is 0 Å². The van der Waals surface area contributed by atoms with Crippen LogP contribution in [-0.2, 0) is 4.74 Å². The van der Waals surface area contributed by atoms with Gasteiger partial charge in [0.1, 0.15) is 5.76 Å². The van der Waals surface area contributed by atoms with Crippen molar-refractivity contribution in [1.29, 1.82) is 0 Å². The van der Waals surface area contributed by atoms with Crippen LogP contribution in [0, 0.1) is 0 Å². The van der Waals surface area contributed by atoms with Crippen molar-refractivity contribution in [2.75, 3.05) is 14.2 Å². The second-order valence-electron chi connectivity index (χ2n) is 2.37. The van der Waals surface area contributed by atoms with E-state index in [2.05, 4.69) is 4.99 Å². The second kappa shape index (κ2) is 3.76. The predicted octanol–water partition coefficient (Wildman–Crippen LogP) is 1.60. The van der Waals surface area contributed by atoms with Gasteiger partial charge in [-0.25, -0.2) is 0 Å². The van der Waals surface area contributed by atoms with Gasteiger partial charge < -0.3 is 9.84 Å². The largest absolute Gasteiger partial charge is 0.507 e. The third kappa shape index (κ3) is 1.75. The van der Waals surface area contributed by atoms with Crippen LogP contribution < -0.4 is 0 Å². The Hall–Kier alpha value is -1.51. The molecule has 0 saturated carbocycles. The number of methoxy groups -OCH3 is 1. The highest BCUT2D eigenvalue weighted by atomic mass is 16.5. The van der Waals surface area contributed by atoms with Crippen LogP contribution in [0.1, 0.15) is 0 Å². The third-order valence-corrected chi connectivity index (χ3v) is 1.44. The van der Waals surface area contributed by atoms with Gasteiger partial charge >= 0.3 is 0 Å². The minimum atomic E-state index is 0.226. The van der Waals surface area contributed by atoms with E-state index in [4.69, 9.17) is 4.74 Å². The van der Waals surface area contributed by atoms with E-state index < -0.39 is 0 Å². The zero-order valence-corrected chi connectivity index (χ0v) is 7.11. The van der Waals surface area contributed by atoms with E-state index in [0.717, 1.165) is 5.57 Å². The number of nitrogens with zero attached hydrogens (tertiary/aromatic N) is 1. The highest BCUT2D eigenvalue weighted by Crippen LogP contribution is 2.19. The molecule has 1 rings (SSSR count). The maximum absolute atomic E-state index is 9.32. The van der Waals surface area contributed by atoms with Crippen LogP contribution in [0.15, 0.2) is 40.3 Å². The summed E-state index contributed by atoms with van der Waals surface area (Å²) in [6.45, 7) is 0. The van der Waals surface area contributed by atoms with Gasteiger partial charge in [-0.2, -0.15) is 0 Å². The minimum Gasteiger partial charge on any atom is -0.507 e. The standard InChI is InChI=1S/C9H11NO2/c1-10-5-8-3-7(6-12-2)4-9(8)11/h3-6,11H,1-2H3/b7-6+,10-5?. The van der Waals surface area contributed by atoms with Crippen molar-refractivity contribution in [3.63, 3.8) is 0 Å². The number of ether oxygens (including phenoxy) is 1. The van der Waals surface area contributed by atoms with E-state index >= 15 is 0 Å². The third-order valence-electron chi connectivity index (χ3n) is 1.44. The highest BCUT2D eigenvalue weighted by Gasteiger charge is 2.09. The summed E-state index contributed by atoms with van der Waals surface area (Å²) in [5.74, 6) is 0.226. The first-order valence-electron chi connectivity index (χ1n) is 3.56. The number of aliphatic hydroxyl groups is 1. The summed E-state index contributed by atoms with van der Waals surface area (Å²) in [5.41, 5.74) is 1.55. The van der Waals surface area contributed by atoms with Crippen molar-refractivity contribution in [2.24, 2.45) is 4.99 Å². The average molecular weight is 165 g/mol. The lowest BCUT2D eigenvalue weighted by Crippen LogP contribution is -1.84. The zero-order chi connectivity index (χ0) is 8.97. The van der Waals surface area contributed by atoms with Gasteiger partial charge in [0.2, 0.25) is 0 Å². The van der Waals surface area contributed by atoms with Gasteiger partial charge in [-0.05, 0) is 12.2 Å². The van der Waals surface area contributed by atoms with Crippen LogP contribution in [0.25, 0.3) is 0 Å². The maximum Gasteiger partial charge on any atom is 0.125 e. The summed E-state index contributed by atoms with van der Waals surface area (Å²) >= 11 is 0. The molecule has 1 N–H and O–H groups in total. The lowest BCUT2D eigenvalue weighted by molar-refractivity contribution is 0.336. The summed E-state index contributed by atoms with van der Waals surface area (Å²) in [4.78, 5) is 3.80. The smallest absolute Gasteiger partial charge is 0.125 e. The molecule has 1 aliphatic carbocycles. The lowest BCUT2D eigenvalue weighted by atomic mass is 10.3. The number of hydrogen-bond acceptors (Lipinski definition) is 3. The van der Waals surface area contributed by atoms with Crippen LogP contribution in [0.4, 0.5) is 0 Å². The summed E-state index contributed by atoms with van der Waals surface area (Å²) in [6, 6.07) is 0. The Morgan fingerprint density at radius 3 is 2.83 bits per heavy atom. The Balaban J connectivity index is 2.87. The molecule has 0 fully saturated rings. The topological polar surface area (TPSA) is 41.8 Å². The summed E-state index contributed by atoms with van der Waals surface area (Å²) < 4.78 is 4.79. The van der Waals surface area contributed by atoms with Crippen LogP contribution in [0.5, 0.6) is 0 Å². The van der Waals surface area contributed by atoms with E-state index in [0.29, 0.717) is 5.57 Å². The Kier molecular flexibility index (Phi) is 2.69. The van der Waals surface area contributed by atoms with E-state index in [1.165, 1.54) is 0 Å². The van der Waals surface area contributed by atoms with Gasteiger partial charge in [0.05, 0.1) is 13.4 Å². The molecule has 0 atom stereocenters. The first kappa shape index (κ1) is 8.59. The lowest BCUT2D eigenvalue weighted by Gasteiger charge is -1.89. The van der Waals surface area contributed by atoms with Gasteiger partial charge in [0, 0.05) is 24.4 Å². The number of hydrogen-bond donors (Lipinski definition) is 1. The molecule has 0 radical (unpaired) electrons. The van der Waals surface area contributed by atoms with Crippen molar-refractivity contribution in [3.8, 4) is 0 Å². The van der Waals surface area contributed by atoms with Gasteiger partial charge in [0.15, 0.2) is 0 Å². The normalized spacial score (nSPS) is 20.0. The highest BCUT2D eigenvalue weighted by molar-refractivity contribution is 5.86. The Labute approximate surface area is 71.4 Å². The molecular weight excluding hydrogens is 154 g/mol. The molecule has 0 unspecified atom stereocenters. The predicted molar refractivity (Wildman–Crippen MR) is 48.3 cm³/mol. The van der Waals surface area contributed by atoms with Crippen LogP contribution in [0.3, 0.4) is 0 Å². The number of aliphatic hydroxyl groups excluding tert-OH is 1. The van der Waals surface area contributed by atoms with Crippen LogP contribution in [0.2, 0.25) is 0 Å². The van der Waals surface area contributed by atoms with Crippen molar-refractivity contribution in [3.05, 3.63) is 35.3 Å². The number of allylic oxidation sites excluding steroid dienone is 4. The molecule has 0 amide bonds. The Morgan fingerprint density at radius 2 is 2.25 bits per heavy atom. The van der Waals surface area contributed by atoms with Crippen molar-refractivity contribution < 1.29 is 9.84 Å². The molecular formula is C9H11NO2. The fourth-order valence-corrected chi connectivity index (χ4v) is 0.983. The Morgan fingerprint density at radius 1 is 1.50 bits per heavy atom. The first-order chi connectivity index (χ1) is 5.77. The molecule has 3 heteroatoms. The fourth-order valence-electron chi connectivity index (χ4n) is 0.983. The monoisotopic (exact) mass is 165 g/mol. The Bertz CT molecular complexity index is 285. The maximum atomic E-state index is 9.32. The molecule has 0 heterocycles. The molecule has 0 saturated heterocycles. The van der Waals surface area contributed by atoms with Crippen molar-refractivity contribution >= 4 is 6.21 Å². The second-order valence-corrected chi connectivity index (χ2v) is 2.37. The number of aliphatic imine (C=N–C) groups is 1. The minimum absolute atomic E-state index is 0.226. The van der Waals surface area contributed by atoms with Crippen molar-refractivity contribution in [2.45, 2.75) is 0 Å². The molecule has 0 spiro atoms. The van der Waals surface area contributed by atoms with Gasteiger partial charge in [-0.15, -0.1) is 0 Å². The average Bonchev–Trinajstić information content (AvgIpc) is 2.34. The molecule has 1 aliphatic rings. The molecule has 0 bridgehead atoms. The molecule has 3 nitrogen and oxygen atoms in total. The van der Waals surface area contributed by atoms with E-state index in [1.54, 1.807) is 38.8 Å². The zero-order valence-electron chi connectivity index (χ0n) is 7.11.